The molecule has 2 N–H and O–H groups in total. The van der Waals surface area contributed by atoms with E-state index in [4.69, 9.17) is 0 Å². The summed E-state index contributed by atoms with van der Waals surface area (Å²) in [7, 11) is 2.17. The van der Waals surface area contributed by atoms with Crippen LogP contribution >= 0.6 is 0 Å². The molecule has 0 aliphatic carbocycles. The number of nitrogens with zero attached hydrogens (tertiary/aromatic N) is 2. The number of likely N-dealkylation sites (N-methyl/N-ethyl adjacent to an activating group) is 1. The van der Waals surface area contributed by atoms with Gasteiger partial charge in [-0.3, -0.25) is 9.69 Å². The van der Waals surface area contributed by atoms with Crippen LogP contribution in [-0.4, -0.2) is 72.2 Å². The first-order chi connectivity index (χ1) is 9.43. The van der Waals surface area contributed by atoms with Crippen LogP contribution in [0.25, 0.3) is 0 Å². The van der Waals surface area contributed by atoms with Gasteiger partial charge in [0.25, 0.3) is 0 Å². The summed E-state index contributed by atoms with van der Waals surface area (Å²) in [6.45, 7) is 10.4. The maximum atomic E-state index is 11.3. The predicted molar refractivity (Wildman–Crippen MR) is 82.1 cm³/mol. The minimum Gasteiger partial charge on any atom is -0.480 e. The number of nitrogens with one attached hydrogen (secondary N) is 1. The van der Waals surface area contributed by atoms with Gasteiger partial charge in [0.2, 0.25) is 0 Å². The molecule has 1 rings (SSSR count). The fourth-order valence-corrected chi connectivity index (χ4v) is 2.95. The van der Waals surface area contributed by atoms with Gasteiger partial charge < -0.3 is 15.3 Å². The van der Waals surface area contributed by atoms with Crippen LogP contribution in [0.5, 0.6) is 0 Å². The fourth-order valence-electron chi connectivity index (χ4n) is 2.95. The molecule has 0 aromatic heterocycles. The number of aliphatic carboxylic acids is 1. The standard InChI is InChI=1S/C15H31N3O2/c1-5-13-11-17(4)8-6-9-18(13)10-7-14(15(19)20)16-12(2)3/h12-14,16H,5-11H2,1-4H3,(H,19,20). The summed E-state index contributed by atoms with van der Waals surface area (Å²) >= 11 is 0. The van der Waals surface area contributed by atoms with Crippen molar-refractivity contribution in [1.29, 1.82) is 0 Å². The summed E-state index contributed by atoms with van der Waals surface area (Å²) < 4.78 is 0. The van der Waals surface area contributed by atoms with Crippen molar-refractivity contribution >= 4 is 5.97 Å². The minimum absolute atomic E-state index is 0.202. The van der Waals surface area contributed by atoms with Gasteiger partial charge >= 0.3 is 5.97 Å². The zero-order valence-corrected chi connectivity index (χ0v) is 13.4. The van der Waals surface area contributed by atoms with Crippen LogP contribution in [-0.2, 0) is 4.79 Å². The van der Waals surface area contributed by atoms with Gasteiger partial charge in [-0.25, -0.2) is 0 Å². The maximum absolute atomic E-state index is 11.3. The second-order valence-electron chi connectivity index (χ2n) is 6.21. The van der Waals surface area contributed by atoms with Crippen molar-refractivity contribution in [2.75, 3.05) is 33.2 Å². The van der Waals surface area contributed by atoms with Gasteiger partial charge in [-0.05, 0) is 39.4 Å². The molecule has 0 amide bonds. The smallest absolute Gasteiger partial charge is 0.320 e. The molecule has 1 fully saturated rings. The average molecular weight is 285 g/mol. The normalized spacial score (nSPS) is 23.8. The third kappa shape index (κ3) is 5.77. The Hall–Kier alpha value is -0.650. The summed E-state index contributed by atoms with van der Waals surface area (Å²) in [4.78, 5) is 16.1. The molecule has 20 heavy (non-hydrogen) atoms. The quantitative estimate of drug-likeness (QED) is 0.737. The lowest BCUT2D eigenvalue weighted by molar-refractivity contribution is -0.140. The highest BCUT2D eigenvalue weighted by molar-refractivity contribution is 5.73. The molecular weight excluding hydrogens is 254 g/mol. The molecule has 2 unspecified atom stereocenters. The largest absolute Gasteiger partial charge is 0.480 e. The van der Waals surface area contributed by atoms with Crippen LogP contribution in [0.4, 0.5) is 0 Å². The molecular formula is C15H31N3O2. The summed E-state index contributed by atoms with van der Waals surface area (Å²) in [6, 6.07) is 0.317. The van der Waals surface area contributed by atoms with Crippen LogP contribution in [0.2, 0.25) is 0 Å². The first-order valence-corrected chi connectivity index (χ1v) is 7.85. The van der Waals surface area contributed by atoms with Crippen LogP contribution in [0, 0.1) is 0 Å². The van der Waals surface area contributed by atoms with Gasteiger partial charge in [0, 0.05) is 25.2 Å². The van der Waals surface area contributed by atoms with Crippen molar-refractivity contribution in [2.24, 2.45) is 0 Å². The van der Waals surface area contributed by atoms with E-state index in [2.05, 4.69) is 29.1 Å². The molecule has 0 spiro atoms. The van der Waals surface area contributed by atoms with Crippen molar-refractivity contribution in [1.82, 2.24) is 15.1 Å². The minimum atomic E-state index is -0.737. The van der Waals surface area contributed by atoms with E-state index in [1.54, 1.807) is 0 Å². The van der Waals surface area contributed by atoms with Gasteiger partial charge in [-0.1, -0.05) is 20.8 Å². The topological polar surface area (TPSA) is 55.8 Å². The fraction of sp³-hybridized carbons (Fsp3) is 0.933. The number of carbonyl (C=O) groups is 1. The number of hydrogen-bond acceptors (Lipinski definition) is 4. The Morgan fingerprint density at radius 2 is 2.10 bits per heavy atom. The van der Waals surface area contributed by atoms with E-state index in [1.807, 2.05) is 13.8 Å². The Labute approximate surface area is 123 Å². The molecule has 0 aromatic rings. The predicted octanol–water partition coefficient (Wildman–Crippen LogP) is 1.24. The lowest BCUT2D eigenvalue weighted by Crippen LogP contribution is -2.46. The second kappa shape index (κ2) is 8.60. The number of hydrogen-bond donors (Lipinski definition) is 2. The zero-order chi connectivity index (χ0) is 15.1. The Kier molecular flexibility index (Phi) is 7.48. The summed E-state index contributed by atoms with van der Waals surface area (Å²) in [5.74, 6) is -0.737. The molecule has 0 aromatic carbocycles. The first kappa shape index (κ1) is 17.4. The van der Waals surface area contributed by atoms with Crippen LogP contribution in [0.15, 0.2) is 0 Å². The third-order valence-corrected chi connectivity index (χ3v) is 4.03. The lowest BCUT2D eigenvalue weighted by Gasteiger charge is -2.31. The highest BCUT2D eigenvalue weighted by Crippen LogP contribution is 2.13. The van der Waals surface area contributed by atoms with Crippen LogP contribution < -0.4 is 5.32 Å². The molecule has 1 saturated heterocycles. The van der Waals surface area contributed by atoms with Gasteiger partial charge in [0.15, 0.2) is 0 Å². The highest BCUT2D eigenvalue weighted by Gasteiger charge is 2.24. The van der Waals surface area contributed by atoms with E-state index in [0.717, 1.165) is 32.6 Å². The Bertz CT molecular complexity index is 297. The molecule has 0 bridgehead atoms. The maximum Gasteiger partial charge on any atom is 0.320 e. The lowest BCUT2D eigenvalue weighted by atomic mass is 10.1. The number of rotatable bonds is 7. The zero-order valence-electron chi connectivity index (χ0n) is 13.4. The Balaban J connectivity index is 2.53. The monoisotopic (exact) mass is 285 g/mol. The Morgan fingerprint density at radius 1 is 1.40 bits per heavy atom. The molecule has 5 nitrogen and oxygen atoms in total. The second-order valence-corrected chi connectivity index (χ2v) is 6.21. The van der Waals surface area contributed by atoms with Gasteiger partial charge in [-0.15, -0.1) is 0 Å². The molecule has 2 atom stereocenters. The third-order valence-electron chi connectivity index (χ3n) is 4.03. The van der Waals surface area contributed by atoms with E-state index >= 15 is 0 Å². The van der Waals surface area contributed by atoms with Gasteiger partial charge in [-0.2, -0.15) is 0 Å². The van der Waals surface area contributed by atoms with Crippen molar-refractivity contribution in [3.8, 4) is 0 Å². The highest BCUT2D eigenvalue weighted by atomic mass is 16.4. The summed E-state index contributed by atoms with van der Waals surface area (Å²) in [5.41, 5.74) is 0. The van der Waals surface area contributed by atoms with Gasteiger partial charge in [0.1, 0.15) is 6.04 Å². The van der Waals surface area contributed by atoms with Crippen molar-refractivity contribution in [3.05, 3.63) is 0 Å². The average Bonchev–Trinajstić information content (AvgIpc) is 2.55. The Morgan fingerprint density at radius 3 is 2.65 bits per heavy atom. The van der Waals surface area contributed by atoms with Crippen molar-refractivity contribution in [3.63, 3.8) is 0 Å². The SMILES string of the molecule is CCC1CN(C)CCCN1CCC(NC(C)C)C(=O)O. The van der Waals surface area contributed by atoms with E-state index in [-0.39, 0.29) is 6.04 Å². The molecule has 0 saturated carbocycles. The summed E-state index contributed by atoms with van der Waals surface area (Å²) in [6.07, 6.45) is 2.97. The van der Waals surface area contributed by atoms with Crippen molar-refractivity contribution in [2.45, 2.75) is 58.2 Å². The number of carboxylic acid groups (broad SMARTS) is 1. The van der Waals surface area contributed by atoms with Gasteiger partial charge in [0.05, 0.1) is 0 Å². The van der Waals surface area contributed by atoms with E-state index < -0.39 is 12.0 Å². The van der Waals surface area contributed by atoms with E-state index in [0.29, 0.717) is 12.5 Å². The molecule has 1 aliphatic rings. The molecule has 1 heterocycles. The molecule has 0 radical (unpaired) electrons. The first-order valence-electron chi connectivity index (χ1n) is 7.85. The van der Waals surface area contributed by atoms with Crippen LogP contribution in [0.1, 0.15) is 40.0 Å². The summed E-state index contributed by atoms with van der Waals surface area (Å²) in [5, 5.41) is 12.4. The van der Waals surface area contributed by atoms with E-state index in [1.165, 1.54) is 6.42 Å². The molecule has 5 heteroatoms. The molecule has 1 aliphatic heterocycles. The van der Waals surface area contributed by atoms with E-state index in [9.17, 15) is 9.90 Å². The molecule has 118 valence electrons. The van der Waals surface area contributed by atoms with Crippen LogP contribution in [0.3, 0.4) is 0 Å². The number of carboxylic acids is 1. The van der Waals surface area contributed by atoms with Crippen molar-refractivity contribution < 1.29 is 9.90 Å².